The van der Waals surface area contributed by atoms with Gasteiger partial charge in [-0.15, -0.1) is 0 Å². The molecule has 2 heteroatoms. The van der Waals surface area contributed by atoms with Gasteiger partial charge in [0.05, 0.1) is 22.3 Å². The number of fused-ring (bicyclic) bond motifs is 12. The molecule has 0 saturated heterocycles. The average Bonchev–Trinajstić information content (AvgIpc) is 3.76. The fourth-order valence-corrected chi connectivity index (χ4v) is 9.88. The van der Waals surface area contributed by atoms with Crippen LogP contribution in [0.3, 0.4) is 0 Å². The van der Waals surface area contributed by atoms with Crippen molar-refractivity contribution in [3.05, 3.63) is 229 Å². The van der Waals surface area contributed by atoms with Crippen LogP contribution in [-0.4, -0.2) is 9.97 Å². The number of para-hydroxylation sites is 1. The van der Waals surface area contributed by atoms with Gasteiger partial charge in [-0.1, -0.05) is 164 Å². The SMILES string of the molecule is c1ccc(-c2cc(-c3ccc(-c4ccc5ccc(-c6cccc7c6-c6ccccc6C76c7ccccc7-c7ccccc76)cc5c4)cc3)c3ccccc3n2)nc1. The normalized spacial score (nSPS) is 13.1. The number of pyridine rings is 2. The van der Waals surface area contributed by atoms with Crippen molar-refractivity contribution in [2.24, 2.45) is 0 Å². The van der Waals surface area contributed by atoms with Crippen LogP contribution in [0.4, 0.5) is 0 Å². The highest BCUT2D eigenvalue weighted by Gasteiger charge is 2.51. The number of benzene rings is 8. The van der Waals surface area contributed by atoms with Gasteiger partial charge in [0.25, 0.3) is 0 Å². The van der Waals surface area contributed by atoms with Crippen molar-refractivity contribution >= 4 is 21.7 Å². The lowest BCUT2D eigenvalue weighted by Crippen LogP contribution is -2.25. The third-order valence-corrected chi connectivity index (χ3v) is 12.3. The lowest BCUT2D eigenvalue weighted by molar-refractivity contribution is 0.794. The van der Waals surface area contributed by atoms with Gasteiger partial charge < -0.3 is 0 Å². The topological polar surface area (TPSA) is 25.8 Å². The van der Waals surface area contributed by atoms with E-state index in [1.54, 1.807) is 0 Å². The molecule has 2 aliphatic rings. The Labute approximate surface area is 331 Å². The lowest BCUT2D eigenvalue weighted by atomic mass is 9.70. The summed E-state index contributed by atoms with van der Waals surface area (Å²) in [5.74, 6) is 0. The standard InChI is InChI=1S/C55H34N2/c1-5-17-47-42(12-1)43-13-2-6-18-48(43)55(47)49-19-7-3-15-45(49)54-41(16-11-20-50(54)55)39-30-26-36-25-29-38(32-40(36)33-39)35-23-27-37(28-24-35)46-34-53(52-22-9-10-31-56-52)57-51-21-8-4-14-44(46)51/h1-34H. The molecule has 0 radical (unpaired) electrons. The van der Waals surface area contributed by atoms with Gasteiger partial charge in [-0.25, -0.2) is 4.98 Å². The summed E-state index contributed by atoms with van der Waals surface area (Å²) in [6, 6.07) is 73.3. The maximum atomic E-state index is 4.96. The fraction of sp³-hybridized carbons (Fsp3) is 0.0182. The zero-order chi connectivity index (χ0) is 37.5. The second kappa shape index (κ2) is 12.3. The summed E-state index contributed by atoms with van der Waals surface area (Å²) >= 11 is 0. The van der Waals surface area contributed by atoms with Crippen molar-refractivity contribution < 1.29 is 0 Å². The van der Waals surface area contributed by atoms with E-state index in [1.807, 2.05) is 30.5 Å². The van der Waals surface area contributed by atoms with Crippen LogP contribution >= 0.6 is 0 Å². The number of hydrogen-bond donors (Lipinski definition) is 0. The molecule has 0 amide bonds. The van der Waals surface area contributed by atoms with Crippen LogP contribution in [0.2, 0.25) is 0 Å². The van der Waals surface area contributed by atoms with E-state index in [2.05, 4.69) is 181 Å². The first-order valence-electron chi connectivity index (χ1n) is 19.6. The van der Waals surface area contributed by atoms with Crippen LogP contribution in [0.5, 0.6) is 0 Å². The first-order chi connectivity index (χ1) is 28.3. The molecule has 2 heterocycles. The van der Waals surface area contributed by atoms with Gasteiger partial charge >= 0.3 is 0 Å². The van der Waals surface area contributed by atoms with E-state index < -0.39 is 0 Å². The van der Waals surface area contributed by atoms with Crippen molar-refractivity contribution in [2.75, 3.05) is 0 Å². The Kier molecular flexibility index (Phi) is 6.88. The van der Waals surface area contributed by atoms with Gasteiger partial charge in [0.15, 0.2) is 0 Å². The minimum Gasteiger partial charge on any atom is -0.255 e. The molecule has 0 fully saturated rings. The smallest absolute Gasteiger partial charge is 0.0900 e. The number of hydrogen-bond acceptors (Lipinski definition) is 2. The molecule has 264 valence electrons. The predicted octanol–water partition coefficient (Wildman–Crippen LogP) is 13.8. The second-order valence-electron chi connectivity index (χ2n) is 15.3. The molecule has 0 atom stereocenters. The van der Waals surface area contributed by atoms with Crippen LogP contribution in [0.1, 0.15) is 22.3 Å². The predicted molar refractivity (Wildman–Crippen MR) is 235 cm³/mol. The highest BCUT2D eigenvalue weighted by Crippen LogP contribution is 2.63. The molecule has 0 saturated carbocycles. The first-order valence-corrected chi connectivity index (χ1v) is 19.6. The Morgan fingerprint density at radius 3 is 1.67 bits per heavy atom. The van der Waals surface area contributed by atoms with Crippen molar-refractivity contribution in [2.45, 2.75) is 5.41 Å². The van der Waals surface area contributed by atoms with Crippen LogP contribution in [0, 0.1) is 0 Å². The Bertz CT molecular complexity index is 3190. The van der Waals surface area contributed by atoms with E-state index in [0.717, 1.165) is 33.4 Å². The summed E-state index contributed by atoms with van der Waals surface area (Å²) in [7, 11) is 0. The van der Waals surface area contributed by atoms with Gasteiger partial charge in [0, 0.05) is 11.6 Å². The quantitative estimate of drug-likeness (QED) is 0.181. The summed E-state index contributed by atoms with van der Waals surface area (Å²) in [5.41, 5.74) is 20.3. The lowest BCUT2D eigenvalue weighted by Gasteiger charge is -2.30. The maximum Gasteiger partial charge on any atom is 0.0900 e. The van der Waals surface area contributed by atoms with Gasteiger partial charge in [0.1, 0.15) is 0 Å². The molecule has 2 aliphatic carbocycles. The van der Waals surface area contributed by atoms with Crippen molar-refractivity contribution in [3.8, 4) is 67.0 Å². The number of rotatable bonds is 4. The van der Waals surface area contributed by atoms with Gasteiger partial charge in [-0.3, -0.25) is 4.98 Å². The largest absolute Gasteiger partial charge is 0.255 e. The van der Waals surface area contributed by atoms with E-state index in [0.29, 0.717) is 0 Å². The molecule has 8 aromatic carbocycles. The molecule has 1 spiro atoms. The van der Waals surface area contributed by atoms with E-state index in [1.165, 1.54) is 77.5 Å². The monoisotopic (exact) mass is 722 g/mol. The molecule has 0 N–H and O–H groups in total. The van der Waals surface area contributed by atoms with E-state index in [9.17, 15) is 0 Å². The van der Waals surface area contributed by atoms with Gasteiger partial charge in [-0.2, -0.15) is 0 Å². The Morgan fingerprint density at radius 2 is 0.912 bits per heavy atom. The molecule has 0 unspecified atom stereocenters. The van der Waals surface area contributed by atoms with Crippen molar-refractivity contribution in [1.29, 1.82) is 0 Å². The fourth-order valence-electron chi connectivity index (χ4n) is 9.88. The van der Waals surface area contributed by atoms with E-state index in [4.69, 9.17) is 4.98 Å². The molecule has 10 aromatic rings. The second-order valence-corrected chi connectivity index (χ2v) is 15.3. The van der Waals surface area contributed by atoms with Crippen molar-refractivity contribution in [1.82, 2.24) is 9.97 Å². The highest BCUT2D eigenvalue weighted by molar-refractivity contribution is 6.02. The summed E-state index contributed by atoms with van der Waals surface area (Å²) in [4.78, 5) is 9.55. The summed E-state index contributed by atoms with van der Waals surface area (Å²) in [6.45, 7) is 0. The third-order valence-electron chi connectivity index (χ3n) is 12.3. The molecule has 0 bridgehead atoms. The molecular weight excluding hydrogens is 689 g/mol. The van der Waals surface area contributed by atoms with Crippen LogP contribution < -0.4 is 0 Å². The third kappa shape index (κ3) is 4.65. The minimum atomic E-state index is -0.353. The van der Waals surface area contributed by atoms with Crippen LogP contribution in [0.25, 0.3) is 88.7 Å². The molecule has 2 nitrogen and oxygen atoms in total. The highest BCUT2D eigenvalue weighted by atomic mass is 14.8. The Hall–Kier alpha value is -7.42. The van der Waals surface area contributed by atoms with E-state index >= 15 is 0 Å². The van der Waals surface area contributed by atoms with Crippen LogP contribution in [-0.2, 0) is 5.41 Å². The summed E-state index contributed by atoms with van der Waals surface area (Å²) < 4.78 is 0. The molecule has 2 aromatic heterocycles. The number of aromatic nitrogens is 2. The van der Waals surface area contributed by atoms with Crippen molar-refractivity contribution in [3.63, 3.8) is 0 Å². The summed E-state index contributed by atoms with van der Waals surface area (Å²) in [6.07, 6.45) is 1.82. The van der Waals surface area contributed by atoms with Gasteiger partial charge in [0.2, 0.25) is 0 Å². The minimum absolute atomic E-state index is 0.353. The molecule has 57 heavy (non-hydrogen) atoms. The Balaban J connectivity index is 0.961. The molecular formula is C55H34N2. The Morgan fingerprint density at radius 1 is 0.333 bits per heavy atom. The zero-order valence-corrected chi connectivity index (χ0v) is 31.0. The number of nitrogens with zero attached hydrogens (tertiary/aromatic N) is 2. The van der Waals surface area contributed by atoms with E-state index in [-0.39, 0.29) is 5.41 Å². The van der Waals surface area contributed by atoms with Gasteiger partial charge in [-0.05, 0) is 125 Å². The molecule has 12 rings (SSSR count). The van der Waals surface area contributed by atoms with Crippen LogP contribution in [0.15, 0.2) is 206 Å². The zero-order valence-electron chi connectivity index (χ0n) is 31.0. The maximum absolute atomic E-state index is 4.96. The molecule has 0 aliphatic heterocycles. The first kappa shape index (κ1) is 31.9. The average molecular weight is 723 g/mol. The summed E-state index contributed by atoms with van der Waals surface area (Å²) in [5, 5.41) is 3.59.